The summed E-state index contributed by atoms with van der Waals surface area (Å²) in [6, 6.07) is 0. The van der Waals surface area contributed by atoms with Crippen LogP contribution in [-0.2, 0) is 14.3 Å². The predicted octanol–water partition coefficient (Wildman–Crippen LogP) is 1.94. The summed E-state index contributed by atoms with van der Waals surface area (Å²) < 4.78 is 7.45. The molecule has 0 aliphatic rings. The van der Waals surface area contributed by atoms with Crippen LogP contribution < -0.4 is 0 Å². The summed E-state index contributed by atoms with van der Waals surface area (Å²) >= 11 is 15.6. The maximum Gasteiger partial charge on any atom is 0.358 e. The third-order valence-electron chi connectivity index (χ3n) is 0.896. The Labute approximate surface area is 85.9 Å². The fraction of sp³-hybridized carbons (Fsp3) is 0.833. The molecule has 12 heavy (non-hydrogen) atoms. The van der Waals surface area contributed by atoms with Gasteiger partial charge in [0.25, 0.3) is 3.79 Å². The minimum atomic E-state index is -1.99. The quantitative estimate of drug-likeness (QED) is 0.424. The number of carbonyl (C=O) groups excluding carboxylic acids is 1. The molecule has 0 rings (SSSR count). The van der Waals surface area contributed by atoms with E-state index in [1.807, 2.05) is 6.92 Å². The first kappa shape index (κ1) is 12.3. The molecule has 0 aliphatic carbocycles. The van der Waals surface area contributed by atoms with Crippen molar-refractivity contribution < 1.29 is 14.3 Å². The summed E-state index contributed by atoms with van der Waals surface area (Å²) in [5, 5.41) is 0. The van der Waals surface area contributed by atoms with Crippen LogP contribution >= 0.6 is 34.8 Å². The number of hydrogen-bond donors (Lipinski definition) is 0. The summed E-state index contributed by atoms with van der Waals surface area (Å²) in [7, 11) is 0. The zero-order valence-corrected chi connectivity index (χ0v) is 8.75. The Balaban J connectivity index is 3.45. The Bertz CT molecular complexity index is 143. The smallest absolute Gasteiger partial charge is 0.358 e. The van der Waals surface area contributed by atoms with E-state index in [0.29, 0.717) is 13.2 Å². The van der Waals surface area contributed by atoms with Gasteiger partial charge in [0.2, 0.25) is 0 Å². The molecule has 0 N–H and O–H groups in total. The topological polar surface area (TPSA) is 35.5 Å². The van der Waals surface area contributed by atoms with Crippen molar-refractivity contribution in [2.45, 2.75) is 10.7 Å². The van der Waals surface area contributed by atoms with Crippen molar-refractivity contribution in [3.8, 4) is 0 Å². The number of ether oxygens (including phenoxy) is 2. The number of halogens is 3. The van der Waals surface area contributed by atoms with Crippen LogP contribution in [0.1, 0.15) is 6.92 Å². The maximum atomic E-state index is 10.8. The second-order valence-corrected chi connectivity index (χ2v) is 4.11. The van der Waals surface area contributed by atoms with Gasteiger partial charge in [0.05, 0.1) is 6.61 Å². The van der Waals surface area contributed by atoms with E-state index in [2.05, 4.69) is 4.74 Å². The van der Waals surface area contributed by atoms with Gasteiger partial charge in [-0.3, -0.25) is 0 Å². The molecule has 0 aliphatic heterocycles. The Morgan fingerprint density at radius 1 is 1.33 bits per heavy atom. The number of alkyl halides is 3. The van der Waals surface area contributed by atoms with Crippen LogP contribution in [0.4, 0.5) is 0 Å². The molecule has 6 heteroatoms. The van der Waals surface area contributed by atoms with E-state index in [0.717, 1.165) is 0 Å². The largest absolute Gasteiger partial charge is 0.460 e. The first-order valence-corrected chi connectivity index (χ1v) is 4.43. The Morgan fingerprint density at radius 3 is 2.33 bits per heavy atom. The van der Waals surface area contributed by atoms with Crippen LogP contribution in [0.2, 0.25) is 0 Å². The lowest BCUT2D eigenvalue weighted by atomic mass is 10.7. The predicted molar refractivity (Wildman–Crippen MR) is 47.7 cm³/mol. The van der Waals surface area contributed by atoms with Crippen LogP contribution in [-0.4, -0.2) is 29.6 Å². The van der Waals surface area contributed by atoms with Crippen molar-refractivity contribution in [1.29, 1.82) is 0 Å². The van der Waals surface area contributed by atoms with Crippen LogP contribution in [0.3, 0.4) is 0 Å². The standard InChI is InChI=1S/C6H9Cl3O3/c1-2-11-3-4-12-5(10)6(7,8)9/h2-4H2,1H3. The average molecular weight is 235 g/mol. The molecule has 0 aromatic rings. The Kier molecular flexibility index (Phi) is 6.01. The molecule has 0 heterocycles. The molecule has 0 saturated carbocycles. The van der Waals surface area contributed by atoms with Gasteiger partial charge in [-0.1, -0.05) is 34.8 Å². The average Bonchev–Trinajstić information content (AvgIpc) is 1.96. The van der Waals surface area contributed by atoms with E-state index in [-0.39, 0.29) is 6.61 Å². The van der Waals surface area contributed by atoms with Gasteiger partial charge in [-0.05, 0) is 6.92 Å². The molecule has 0 atom stereocenters. The van der Waals surface area contributed by atoms with E-state index in [1.165, 1.54) is 0 Å². The maximum absolute atomic E-state index is 10.8. The van der Waals surface area contributed by atoms with Gasteiger partial charge in [-0.2, -0.15) is 0 Å². The van der Waals surface area contributed by atoms with Gasteiger partial charge in [0.15, 0.2) is 0 Å². The fourth-order valence-electron chi connectivity index (χ4n) is 0.419. The molecule has 0 amide bonds. The SMILES string of the molecule is CCOCCOC(=O)C(Cl)(Cl)Cl. The highest BCUT2D eigenvalue weighted by molar-refractivity contribution is 6.75. The van der Waals surface area contributed by atoms with Gasteiger partial charge >= 0.3 is 5.97 Å². The number of hydrogen-bond acceptors (Lipinski definition) is 3. The van der Waals surface area contributed by atoms with Gasteiger partial charge in [-0.25, -0.2) is 4.79 Å². The highest BCUT2D eigenvalue weighted by Crippen LogP contribution is 2.27. The van der Waals surface area contributed by atoms with Crippen molar-refractivity contribution in [1.82, 2.24) is 0 Å². The Morgan fingerprint density at radius 2 is 1.92 bits per heavy atom. The van der Waals surface area contributed by atoms with Crippen molar-refractivity contribution in [2.24, 2.45) is 0 Å². The lowest BCUT2D eigenvalue weighted by Crippen LogP contribution is -2.23. The van der Waals surface area contributed by atoms with Gasteiger partial charge < -0.3 is 9.47 Å². The highest BCUT2D eigenvalue weighted by atomic mass is 35.6. The summed E-state index contributed by atoms with van der Waals surface area (Å²) in [5.74, 6) is -0.882. The molecule has 0 bridgehead atoms. The van der Waals surface area contributed by atoms with Crippen molar-refractivity contribution in [3.05, 3.63) is 0 Å². The third kappa shape index (κ3) is 5.89. The van der Waals surface area contributed by atoms with Crippen LogP contribution in [0, 0.1) is 0 Å². The highest BCUT2D eigenvalue weighted by Gasteiger charge is 2.32. The van der Waals surface area contributed by atoms with E-state index >= 15 is 0 Å². The van der Waals surface area contributed by atoms with Crippen molar-refractivity contribution >= 4 is 40.8 Å². The molecular weight excluding hydrogens is 226 g/mol. The van der Waals surface area contributed by atoms with E-state index in [1.54, 1.807) is 0 Å². The summed E-state index contributed by atoms with van der Waals surface area (Å²) in [5.41, 5.74) is 0. The number of rotatable bonds is 4. The fourth-order valence-corrected chi connectivity index (χ4v) is 0.583. The normalized spacial score (nSPS) is 11.3. The van der Waals surface area contributed by atoms with Crippen LogP contribution in [0.15, 0.2) is 0 Å². The number of carbonyl (C=O) groups is 1. The monoisotopic (exact) mass is 234 g/mol. The number of esters is 1. The zero-order chi connectivity index (χ0) is 9.61. The van der Waals surface area contributed by atoms with E-state index in [4.69, 9.17) is 39.5 Å². The van der Waals surface area contributed by atoms with Crippen LogP contribution in [0.25, 0.3) is 0 Å². The zero-order valence-electron chi connectivity index (χ0n) is 6.48. The summed E-state index contributed by atoms with van der Waals surface area (Å²) in [6.07, 6.45) is 0. The molecule has 0 unspecified atom stereocenters. The first-order valence-electron chi connectivity index (χ1n) is 3.30. The minimum Gasteiger partial charge on any atom is -0.460 e. The molecule has 0 saturated heterocycles. The summed E-state index contributed by atoms with van der Waals surface area (Å²) in [4.78, 5) is 10.8. The molecule has 0 fully saturated rings. The molecule has 0 spiro atoms. The van der Waals surface area contributed by atoms with E-state index < -0.39 is 9.76 Å². The van der Waals surface area contributed by atoms with Gasteiger partial charge in [0, 0.05) is 6.61 Å². The molecule has 0 radical (unpaired) electrons. The molecular formula is C6H9Cl3O3. The summed E-state index contributed by atoms with van der Waals surface area (Å²) in [6.45, 7) is 2.80. The molecule has 3 nitrogen and oxygen atoms in total. The molecule has 0 aromatic heterocycles. The minimum absolute atomic E-state index is 0.0978. The molecule has 72 valence electrons. The van der Waals surface area contributed by atoms with Crippen molar-refractivity contribution in [3.63, 3.8) is 0 Å². The lowest BCUT2D eigenvalue weighted by Gasteiger charge is -2.09. The third-order valence-corrected chi connectivity index (χ3v) is 1.36. The second-order valence-electron chi connectivity index (χ2n) is 1.83. The molecule has 0 aromatic carbocycles. The van der Waals surface area contributed by atoms with Crippen molar-refractivity contribution in [2.75, 3.05) is 19.8 Å². The van der Waals surface area contributed by atoms with Crippen LogP contribution in [0.5, 0.6) is 0 Å². The lowest BCUT2D eigenvalue weighted by molar-refractivity contribution is -0.144. The second kappa shape index (κ2) is 5.86. The van der Waals surface area contributed by atoms with E-state index in [9.17, 15) is 4.79 Å². The van der Waals surface area contributed by atoms with Gasteiger partial charge in [-0.15, -0.1) is 0 Å². The first-order chi connectivity index (χ1) is 5.48. The Hall–Kier alpha value is 0.300. The van der Waals surface area contributed by atoms with Gasteiger partial charge in [0.1, 0.15) is 6.61 Å².